The number of thioether (sulfide) groups is 1. The predicted molar refractivity (Wildman–Crippen MR) is 72.0 cm³/mol. The molecule has 0 saturated carbocycles. The fourth-order valence-corrected chi connectivity index (χ4v) is 2.71. The molecule has 0 aliphatic carbocycles. The zero-order valence-corrected chi connectivity index (χ0v) is 10.9. The van der Waals surface area contributed by atoms with E-state index in [1.165, 1.54) is 10.5 Å². The Morgan fingerprint density at radius 3 is 2.88 bits per heavy atom. The van der Waals surface area contributed by atoms with Crippen LogP contribution < -0.4 is 5.73 Å². The summed E-state index contributed by atoms with van der Waals surface area (Å²) in [6, 6.07) is 10.5. The summed E-state index contributed by atoms with van der Waals surface area (Å²) in [6.07, 6.45) is 1.78. The number of hydrogen-bond donors (Lipinski definition) is 1. The van der Waals surface area contributed by atoms with Gasteiger partial charge in [0.25, 0.3) is 0 Å². The Kier molecular flexibility index (Phi) is 3.86. The molecule has 90 valence electrons. The van der Waals surface area contributed by atoms with Gasteiger partial charge in [0.2, 0.25) is 0 Å². The van der Waals surface area contributed by atoms with E-state index in [0.717, 1.165) is 11.4 Å². The van der Waals surface area contributed by atoms with Crippen LogP contribution in [0, 0.1) is 6.92 Å². The average Bonchev–Trinajstić information content (AvgIpc) is 2.72. The van der Waals surface area contributed by atoms with Crippen LogP contribution in [0.25, 0.3) is 0 Å². The molecule has 0 aliphatic rings. The van der Waals surface area contributed by atoms with Crippen molar-refractivity contribution in [3.8, 4) is 0 Å². The van der Waals surface area contributed by atoms with Gasteiger partial charge in [-0.05, 0) is 25.1 Å². The predicted octanol–water partition coefficient (Wildman–Crippen LogP) is 2.52. The molecular formula is C13H17N3S. The maximum atomic E-state index is 6.14. The monoisotopic (exact) mass is 247 g/mol. The summed E-state index contributed by atoms with van der Waals surface area (Å²) in [5, 5.41) is 4.13. The summed E-state index contributed by atoms with van der Waals surface area (Å²) in [5.74, 6) is 0.864. The number of aromatic nitrogens is 2. The molecule has 2 aromatic rings. The molecule has 0 amide bonds. The van der Waals surface area contributed by atoms with Gasteiger partial charge in [0.1, 0.15) is 0 Å². The van der Waals surface area contributed by atoms with Gasteiger partial charge in [0.05, 0.1) is 11.7 Å². The van der Waals surface area contributed by atoms with Crippen LogP contribution in [-0.4, -0.2) is 15.5 Å². The lowest BCUT2D eigenvalue weighted by molar-refractivity contribution is 0.659. The highest BCUT2D eigenvalue weighted by Crippen LogP contribution is 2.23. The molecule has 3 nitrogen and oxygen atoms in total. The zero-order valence-electron chi connectivity index (χ0n) is 10.1. The number of rotatable bonds is 4. The van der Waals surface area contributed by atoms with E-state index in [0.29, 0.717) is 0 Å². The molecule has 1 aromatic heterocycles. The minimum atomic E-state index is 0.0213. The maximum Gasteiger partial charge on any atom is 0.0562 e. The molecular weight excluding hydrogens is 230 g/mol. The Balaban J connectivity index is 1.97. The van der Waals surface area contributed by atoms with E-state index >= 15 is 0 Å². The van der Waals surface area contributed by atoms with Crippen LogP contribution in [0.5, 0.6) is 0 Å². The first-order valence-electron chi connectivity index (χ1n) is 5.60. The number of benzene rings is 1. The summed E-state index contributed by atoms with van der Waals surface area (Å²) >= 11 is 1.78. The van der Waals surface area contributed by atoms with Crippen LogP contribution in [-0.2, 0) is 7.05 Å². The molecule has 1 heterocycles. The molecule has 1 aromatic carbocycles. The lowest BCUT2D eigenvalue weighted by atomic mass is 10.2. The van der Waals surface area contributed by atoms with Crippen LogP contribution in [0.3, 0.4) is 0 Å². The lowest BCUT2D eigenvalue weighted by Crippen LogP contribution is -2.16. The molecule has 4 heteroatoms. The van der Waals surface area contributed by atoms with Gasteiger partial charge in [-0.1, -0.05) is 17.7 Å². The topological polar surface area (TPSA) is 43.8 Å². The van der Waals surface area contributed by atoms with Gasteiger partial charge < -0.3 is 5.73 Å². The number of hydrogen-bond acceptors (Lipinski definition) is 3. The Bertz CT molecular complexity index is 493. The second-order valence-electron chi connectivity index (χ2n) is 4.11. The highest BCUT2D eigenvalue weighted by atomic mass is 32.2. The number of aryl methyl sites for hydroxylation is 2. The third-order valence-electron chi connectivity index (χ3n) is 2.66. The van der Waals surface area contributed by atoms with E-state index < -0.39 is 0 Å². The smallest absolute Gasteiger partial charge is 0.0562 e. The molecule has 0 saturated heterocycles. The molecule has 0 bridgehead atoms. The van der Waals surface area contributed by atoms with Crippen LogP contribution in [0.15, 0.2) is 41.4 Å². The lowest BCUT2D eigenvalue weighted by Gasteiger charge is -2.11. The fourth-order valence-electron chi connectivity index (χ4n) is 1.72. The van der Waals surface area contributed by atoms with Crippen molar-refractivity contribution in [3.05, 3.63) is 47.8 Å². The zero-order chi connectivity index (χ0) is 12.3. The average molecular weight is 247 g/mol. The minimum Gasteiger partial charge on any atom is -0.322 e. The normalized spacial score (nSPS) is 12.6. The van der Waals surface area contributed by atoms with E-state index in [2.05, 4.69) is 36.3 Å². The van der Waals surface area contributed by atoms with Gasteiger partial charge in [-0.25, -0.2) is 0 Å². The number of nitrogens with zero attached hydrogens (tertiary/aromatic N) is 2. The van der Waals surface area contributed by atoms with Gasteiger partial charge in [0.15, 0.2) is 0 Å². The van der Waals surface area contributed by atoms with Crippen molar-refractivity contribution < 1.29 is 0 Å². The van der Waals surface area contributed by atoms with Crippen LogP contribution in [0.4, 0.5) is 0 Å². The van der Waals surface area contributed by atoms with Crippen molar-refractivity contribution in [1.29, 1.82) is 0 Å². The summed E-state index contributed by atoms with van der Waals surface area (Å²) in [5.41, 5.74) is 8.50. The van der Waals surface area contributed by atoms with Crippen LogP contribution in [0.2, 0.25) is 0 Å². The Labute approximate surface area is 106 Å². The third kappa shape index (κ3) is 3.11. The first-order chi connectivity index (χ1) is 8.16. The molecule has 1 unspecified atom stereocenters. The highest BCUT2D eigenvalue weighted by molar-refractivity contribution is 7.99. The van der Waals surface area contributed by atoms with Gasteiger partial charge in [-0.15, -0.1) is 11.8 Å². The Morgan fingerprint density at radius 2 is 2.24 bits per heavy atom. The molecule has 0 fully saturated rings. The summed E-state index contributed by atoms with van der Waals surface area (Å²) < 4.78 is 1.83. The Hall–Kier alpha value is -1.26. The summed E-state index contributed by atoms with van der Waals surface area (Å²) in [6.45, 7) is 2.10. The Morgan fingerprint density at radius 1 is 1.41 bits per heavy atom. The first-order valence-corrected chi connectivity index (χ1v) is 6.58. The number of nitrogens with two attached hydrogens (primary N) is 1. The molecule has 0 spiro atoms. The maximum absolute atomic E-state index is 6.14. The molecule has 2 rings (SSSR count). The summed E-state index contributed by atoms with van der Waals surface area (Å²) in [7, 11) is 1.92. The van der Waals surface area contributed by atoms with Crippen LogP contribution >= 0.6 is 11.8 Å². The quantitative estimate of drug-likeness (QED) is 0.844. The molecule has 17 heavy (non-hydrogen) atoms. The van der Waals surface area contributed by atoms with Crippen molar-refractivity contribution in [2.75, 3.05) is 5.75 Å². The largest absolute Gasteiger partial charge is 0.322 e. The van der Waals surface area contributed by atoms with Gasteiger partial charge >= 0.3 is 0 Å². The second kappa shape index (κ2) is 5.38. The molecule has 2 N–H and O–H groups in total. The van der Waals surface area contributed by atoms with Crippen molar-refractivity contribution in [2.24, 2.45) is 12.8 Å². The van der Waals surface area contributed by atoms with E-state index in [9.17, 15) is 0 Å². The van der Waals surface area contributed by atoms with Gasteiger partial charge in [-0.3, -0.25) is 4.68 Å². The van der Waals surface area contributed by atoms with Crippen molar-refractivity contribution in [2.45, 2.75) is 17.9 Å². The highest BCUT2D eigenvalue weighted by Gasteiger charge is 2.10. The second-order valence-corrected chi connectivity index (χ2v) is 5.21. The van der Waals surface area contributed by atoms with Gasteiger partial charge in [0, 0.05) is 23.9 Å². The van der Waals surface area contributed by atoms with Crippen molar-refractivity contribution in [1.82, 2.24) is 9.78 Å². The van der Waals surface area contributed by atoms with Crippen molar-refractivity contribution in [3.63, 3.8) is 0 Å². The summed E-state index contributed by atoms with van der Waals surface area (Å²) in [4.78, 5) is 1.27. The fraction of sp³-hybridized carbons (Fsp3) is 0.308. The third-order valence-corrected chi connectivity index (χ3v) is 3.77. The molecule has 1 atom stereocenters. The molecule has 0 aliphatic heterocycles. The molecule has 0 radical (unpaired) electrons. The first kappa shape index (κ1) is 12.2. The van der Waals surface area contributed by atoms with E-state index in [4.69, 9.17) is 5.73 Å². The standard InChI is InChI=1S/C13H17N3S/c1-10-4-3-5-11(8-10)17-9-12(14)13-6-7-15-16(13)2/h3-8,12H,9,14H2,1-2H3. The van der Waals surface area contributed by atoms with Crippen LogP contribution in [0.1, 0.15) is 17.3 Å². The SMILES string of the molecule is Cc1cccc(SCC(N)c2ccnn2C)c1. The van der Waals surface area contributed by atoms with E-state index in [1.54, 1.807) is 18.0 Å². The minimum absolute atomic E-state index is 0.0213. The van der Waals surface area contributed by atoms with Crippen molar-refractivity contribution >= 4 is 11.8 Å². The van der Waals surface area contributed by atoms with E-state index in [-0.39, 0.29) is 6.04 Å². The van der Waals surface area contributed by atoms with Gasteiger partial charge in [-0.2, -0.15) is 5.10 Å². The van der Waals surface area contributed by atoms with E-state index in [1.807, 2.05) is 17.8 Å².